The van der Waals surface area contributed by atoms with Crippen LogP contribution in [0.3, 0.4) is 0 Å². The smallest absolute Gasteiger partial charge is 0.134 e. The number of nitrogens with zero attached hydrogens (tertiary/aromatic N) is 1. The Morgan fingerprint density at radius 3 is 3.06 bits per heavy atom. The number of nitrogens with one attached hydrogen (secondary N) is 1. The second kappa shape index (κ2) is 4.48. The van der Waals surface area contributed by atoms with Crippen LogP contribution in [0.4, 0.5) is 4.39 Å². The van der Waals surface area contributed by atoms with Crippen molar-refractivity contribution >= 4 is 27.3 Å². The molecule has 1 aliphatic heterocycles. The molecule has 3 rings (SSSR count). The van der Waals surface area contributed by atoms with E-state index in [1.807, 2.05) is 6.07 Å². The molecule has 0 spiro atoms. The molecule has 0 radical (unpaired) electrons. The molecule has 2 nitrogen and oxygen atoms in total. The van der Waals surface area contributed by atoms with Gasteiger partial charge in [-0.25, -0.2) is 9.37 Å². The van der Waals surface area contributed by atoms with Crippen molar-refractivity contribution in [3.8, 4) is 10.6 Å². The van der Waals surface area contributed by atoms with Crippen LogP contribution in [0.25, 0.3) is 10.6 Å². The zero-order valence-electron chi connectivity index (χ0n) is 8.96. The van der Waals surface area contributed by atoms with Crippen molar-refractivity contribution in [2.24, 2.45) is 0 Å². The topological polar surface area (TPSA) is 24.9 Å². The molecule has 2 aromatic rings. The number of hydrogen-bond donors (Lipinski definition) is 1. The summed E-state index contributed by atoms with van der Waals surface area (Å²) in [7, 11) is 0. The quantitative estimate of drug-likeness (QED) is 0.873. The third-order valence-corrected chi connectivity index (χ3v) is 4.55. The minimum absolute atomic E-state index is 0.224. The zero-order chi connectivity index (χ0) is 11.8. The second-order valence-corrected chi connectivity index (χ2v) is 5.85. The molecule has 0 saturated carbocycles. The van der Waals surface area contributed by atoms with E-state index < -0.39 is 0 Å². The van der Waals surface area contributed by atoms with E-state index in [9.17, 15) is 4.39 Å². The third-order valence-electron chi connectivity index (χ3n) is 2.78. The highest BCUT2D eigenvalue weighted by molar-refractivity contribution is 9.10. The monoisotopic (exact) mass is 312 g/mol. The van der Waals surface area contributed by atoms with Crippen molar-refractivity contribution in [1.29, 1.82) is 0 Å². The molecule has 1 aromatic heterocycles. The lowest BCUT2D eigenvalue weighted by atomic mass is 10.2. The van der Waals surface area contributed by atoms with Gasteiger partial charge in [-0.05, 0) is 28.1 Å². The third kappa shape index (κ3) is 2.03. The number of aromatic nitrogens is 1. The maximum absolute atomic E-state index is 13.8. The zero-order valence-corrected chi connectivity index (χ0v) is 11.4. The minimum Gasteiger partial charge on any atom is -0.311 e. The molecular formula is C12H10BrFN2S. The van der Waals surface area contributed by atoms with Gasteiger partial charge in [0.25, 0.3) is 0 Å². The summed E-state index contributed by atoms with van der Waals surface area (Å²) < 4.78 is 14.6. The van der Waals surface area contributed by atoms with Crippen LogP contribution < -0.4 is 5.32 Å². The first kappa shape index (κ1) is 11.3. The Hall–Kier alpha value is -0.780. The first-order valence-corrected chi connectivity index (χ1v) is 7.00. The molecular weight excluding hydrogens is 303 g/mol. The molecule has 17 heavy (non-hydrogen) atoms. The van der Waals surface area contributed by atoms with E-state index in [1.54, 1.807) is 17.4 Å². The molecule has 0 fully saturated rings. The molecule has 1 N–H and O–H groups in total. The van der Waals surface area contributed by atoms with Gasteiger partial charge in [0.15, 0.2) is 0 Å². The van der Waals surface area contributed by atoms with Gasteiger partial charge in [0.05, 0.1) is 11.3 Å². The maximum atomic E-state index is 13.8. The van der Waals surface area contributed by atoms with Gasteiger partial charge >= 0.3 is 0 Å². The van der Waals surface area contributed by atoms with Crippen molar-refractivity contribution < 1.29 is 4.39 Å². The number of benzene rings is 1. The summed E-state index contributed by atoms with van der Waals surface area (Å²) in [6.45, 7) is 1.80. The van der Waals surface area contributed by atoms with Crippen LogP contribution in [0, 0.1) is 5.82 Å². The number of thiazole rings is 1. The van der Waals surface area contributed by atoms with Crippen LogP contribution in [0.2, 0.25) is 0 Å². The summed E-state index contributed by atoms with van der Waals surface area (Å²) in [5, 5.41) is 4.07. The van der Waals surface area contributed by atoms with Gasteiger partial charge in [-0.1, -0.05) is 6.07 Å². The van der Waals surface area contributed by atoms with Crippen LogP contribution in [0.5, 0.6) is 0 Å². The van der Waals surface area contributed by atoms with E-state index in [4.69, 9.17) is 0 Å². The fourth-order valence-corrected chi connectivity index (χ4v) is 3.73. The Bertz CT molecular complexity index is 524. The maximum Gasteiger partial charge on any atom is 0.134 e. The van der Waals surface area contributed by atoms with E-state index in [2.05, 4.69) is 26.2 Å². The normalized spacial score (nSPS) is 14.7. The lowest BCUT2D eigenvalue weighted by Crippen LogP contribution is -2.22. The number of halogens is 2. The number of fused-ring (bicyclic) bond motifs is 1. The molecule has 2 heterocycles. The molecule has 0 unspecified atom stereocenters. The fraction of sp³-hybridized carbons (Fsp3) is 0.250. The van der Waals surface area contributed by atoms with Gasteiger partial charge in [0.1, 0.15) is 10.8 Å². The van der Waals surface area contributed by atoms with E-state index in [-0.39, 0.29) is 5.82 Å². The Morgan fingerprint density at radius 2 is 2.29 bits per heavy atom. The van der Waals surface area contributed by atoms with Crippen LogP contribution >= 0.6 is 27.3 Å². The van der Waals surface area contributed by atoms with Crippen LogP contribution in [0.1, 0.15) is 10.6 Å². The van der Waals surface area contributed by atoms with E-state index in [0.29, 0.717) is 5.56 Å². The van der Waals surface area contributed by atoms with Crippen LogP contribution in [-0.2, 0) is 13.0 Å². The van der Waals surface area contributed by atoms with Crippen LogP contribution in [0.15, 0.2) is 22.7 Å². The average molecular weight is 313 g/mol. The molecule has 0 aliphatic carbocycles. The molecule has 0 amide bonds. The van der Waals surface area contributed by atoms with E-state index >= 15 is 0 Å². The Balaban J connectivity index is 2.12. The summed E-state index contributed by atoms with van der Waals surface area (Å²) in [6.07, 6.45) is 0.928. The average Bonchev–Trinajstić information content (AvgIpc) is 2.71. The van der Waals surface area contributed by atoms with Crippen LogP contribution in [-0.4, -0.2) is 11.5 Å². The molecule has 0 atom stereocenters. The Kier molecular flexibility index (Phi) is 2.98. The SMILES string of the molecule is Fc1cccc(Br)c1-c1nc2c(s1)CNCC2. The van der Waals surface area contributed by atoms with Crippen molar-refractivity contribution in [1.82, 2.24) is 10.3 Å². The van der Waals surface area contributed by atoms with Gasteiger partial charge in [-0.2, -0.15) is 0 Å². The Morgan fingerprint density at radius 1 is 1.41 bits per heavy atom. The summed E-state index contributed by atoms with van der Waals surface area (Å²) in [5.74, 6) is -0.224. The highest BCUT2D eigenvalue weighted by atomic mass is 79.9. The predicted molar refractivity (Wildman–Crippen MR) is 70.6 cm³/mol. The summed E-state index contributed by atoms with van der Waals surface area (Å²) >= 11 is 4.96. The lowest BCUT2D eigenvalue weighted by Gasteiger charge is -2.09. The highest BCUT2D eigenvalue weighted by Crippen LogP contribution is 2.35. The van der Waals surface area contributed by atoms with Gasteiger partial charge < -0.3 is 5.32 Å². The molecule has 5 heteroatoms. The first-order valence-electron chi connectivity index (χ1n) is 5.39. The van der Waals surface area contributed by atoms with Crippen molar-refractivity contribution in [2.75, 3.05) is 6.54 Å². The van der Waals surface area contributed by atoms with E-state index in [1.165, 1.54) is 10.9 Å². The second-order valence-electron chi connectivity index (χ2n) is 3.91. The van der Waals surface area contributed by atoms with Crippen molar-refractivity contribution in [3.63, 3.8) is 0 Å². The fourth-order valence-electron chi connectivity index (χ4n) is 1.93. The first-order chi connectivity index (χ1) is 8.25. The van der Waals surface area contributed by atoms with Gasteiger partial charge in [-0.3, -0.25) is 0 Å². The highest BCUT2D eigenvalue weighted by Gasteiger charge is 2.19. The Labute approximate surface area is 111 Å². The largest absolute Gasteiger partial charge is 0.311 e. The van der Waals surface area contributed by atoms with Gasteiger partial charge in [0, 0.05) is 28.9 Å². The van der Waals surface area contributed by atoms with Gasteiger partial charge in [-0.15, -0.1) is 11.3 Å². The number of hydrogen-bond acceptors (Lipinski definition) is 3. The van der Waals surface area contributed by atoms with Gasteiger partial charge in [0.2, 0.25) is 0 Å². The van der Waals surface area contributed by atoms with Crippen molar-refractivity contribution in [3.05, 3.63) is 39.1 Å². The van der Waals surface area contributed by atoms with Crippen molar-refractivity contribution in [2.45, 2.75) is 13.0 Å². The lowest BCUT2D eigenvalue weighted by molar-refractivity contribution is 0.629. The summed E-state index contributed by atoms with van der Waals surface area (Å²) in [5.41, 5.74) is 1.69. The van der Waals surface area contributed by atoms with E-state index in [0.717, 1.165) is 34.7 Å². The molecule has 1 aliphatic rings. The summed E-state index contributed by atoms with van der Waals surface area (Å²) in [6, 6.07) is 5.01. The molecule has 0 saturated heterocycles. The molecule has 88 valence electrons. The standard InChI is InChI=1S/C12H10BrFN2S/c13-7-2-1-3-8(14)11(7)12-16-9-4-5-15-6-10(9)17-12/h1-3,15H,4-6H2. The summed E-state index contributed by atoms with van der Waals surface area (Å²) in [4.78, 5) is 5.77. The molecule has 0 bridgehead atoms. The number of rotatable bonds is 1. The molecule has 1 aromatic carbocycles. The predicted octanol–water partition coefficient (Wildman–Crippen LogP) is 3.36. The minimum atomic E-state index is -0.224.